The SMILES string of the molecule is CN(CCNCc1ccc(Cl)s1)CCC(F)(F)F. The highest BCUT2D eigenvalue weighted by molar-refractivity contribution is 7.16. The number of hydrogen-bond donors (Lipinski definition) is 1. The third kappa shape index (κ3) is 7.20. The number of halogens is 4. The smallest absolute Gasteiger partial charge is 0.311 e. The van der Waals surface area contributed by atoms with E-state index in [1.54, 1.807) is 11.9 Å². The Bertz CT molecular complexity index is 354. The van der Waals surface area contributed by atoms with E-state index in [2.05, 4.69) is 5.32 Å². The van der Waals surface area contributed by atoms with E-state index in [1.807, 2.05) is 12.1 Å². The maximum Gasteiger partial charge on any atom is 0.390 e. The van der Waals surface area contributed by atoms with Crippen molar-refractivity contribution in [1.29, 1.82) is 0 Å². The molecule has 1 aromatic rings. The fraction of sp³-hybridized carbons (Fsp3) is 0.636. The van der Waals surface area contributed by atoms with Crippen LogP contribution in [0.3, 0.4) is 0 Å². The molecule has 104 valence electrons. The summed E-state index contributed by atoms with van der Waals surface area (Å²) in [6.45, 7) is 1.99. The van der Waals surface area contributed by atoms with Gasteiger partial charge in [0.15, 0.2) is 0 Å². The monoisotopic (exact) mass is 300 g/mol. The first kappa shape index (κ1) is 15.8. The molecule has 0 saturated heterocycles. The van der Waals surface area contributed by atoms with Crippen LogP contribution in [0.4, 0.5) is 13.2 Å². The molecule has 0 spiro atoms. The zero-order valence-corrected chi connectivity index (χ0v) is 11.6. The minimum Gasteiger partial charge on any atom is -0.311 e. The number of nitrogens with one attached hydrogen (secondary N) is 1. The Balaban J connectivity index is 2.07. The van der Waals surface area contributed by atoms with Gasteiger partial charge < -0.3 is 10.2 Å². The number of hydrogen-bond acceptors (Lipinski definition) is 3. The van der Waals surface area contributed by atoms with E-state index in [4.69, 9.17) is 11.6 Å². The van der Waals surface area contributed by atoms with E-state index in [-0.39, 0.29) is 6.54 Å². The van der Waals surface area contributed by atoms with Crippen LogP contribution in [-0.2, 0) is 6.54 Å². The van der Waals surface area contributed by atoms with Gasteiger partial charge in [-0.15, -0.1) is 11.3 Å². The van der Waals surface area contributed by atoms with Crippen LogP contribution < -0.4 is 5.32 Å². The molecule has 0 aromatic carbocycles. The van der Waals surface area contributed by atoms with Gasteiger partial charge in [0.2, 0.25) is 0 Å². The number of alkyl halides is 3. The predicted octanol–water partition coefficient (Wildman–Crippen LogP) is 3.38. The van der Waals surface area contributed by atoms with Crippen molar-refractivity contribution in [3.63, 3.8) is 0 Å². The largest absolute Gasteiger partial charge is 0.390 e. The van der Waals surface area contributed by atoms with Gasteiger partial charge >= 0.3 is 6.18 Å². The molecule has 1 N–H and O–H groups in total. The molecule has 0 atom stereocenters. The summed E-state index contributed by atoms with van der Waals surface area (Å²) in [5, 5.41) is 3.17. The van der Waals surface area contributed by atoms with Crippen molar-refractivity contribution in [2.45, 2.75) is 19.1 Å². The number of nitrogens with zero attached hydrogens (tertiary/aromatic N) is 1. The van der Waals surface area contributed by atoms with E-state index in [9.17, 15) is 13.2 Å². The molecule has 0 saturated carbocycles. The lowest BCUT2D eigenvalue weighted by molar-refractivity contribution is -0.137. The highest BCUT2D eigenvalue weighted by atomic mass is 35.5. The average molecular weight is 301 g/mol. The molecule has 1 heterocycles. The summed E-state index contributed by atoms with van der Waals surface area (Å²) in [4.78, 5) is 2.79. The second-order valence-electron chi connectivity index (χ2n) is 4.05. The quantitative estimate of drug-likeness (QED) is 0.777. The van der Waals surface area contributed by atoms with Crippen LogP contribution in [-0.4, -0.2) is 37.8 Å². The third-order valence-electron chi connectivity index (χ3n) is 2.38. The highest BCUT2D eigenvalue weighted by Gasteiger charge is 2.26. The Hall–Kier alpha value is -0.300. The van der Waals surface area contributed by atoms with Gasteiger partial charge in [0, 0.05) is 31.1 Å². The van der Waals surface area contributed by atoms with Crippen LogP contribution >= 0.6 is 22.9 Å². The van der Waals surface area contributed by atoms with Gasteiger partial charge in [-0.25, -0.2) is 0 Å². The number of rotatable bonds is 7. The predicted molar refractivity (Wildman–Crippen MR) is 69.2 cm³/mol. The summed E-state index contributed by atoms with van der Waals surface area (Å²) in [6.07, 6.45) is -4.83. The molecular formula is C11H16ClF3N2S. The Kier molecular flexibility index (Phi) is 6.42. The van der Waals surface area contributed by atoms with Crippen molar-refractivity contribution < 1.29 is 13.2 Å². The van der Waals surface area contributed by atoms with Crippen molar-refractivity contribution in [2.24, 2.45) is 0 Å². The van der Waals surface area contributed by atoms with Gasteiger partial charge in [0.05, 0.1) is 10.8 Å². The van der Waals surface area contributed by atoms with Crippen molar-refractivity contribution in [3.05, 3.63) is 21.3 Å². The minimum atomic E-state index is -4.07. The Morgan fingerprint density at radius 3 is 2.61 bits per heavy atom. The lowest BCUT2D eigenvalue weighted by Gasteiger charge is -2.17. The normalized spacial score (nSPS) is 12.3. The third-order valence-corrected chi connectivity index (χ3v) is 3.61. The molecule has 1 rings (SSSR count). The second-order valence-corrected chi connectivity index (χ2v) is 5.85. The van der Waals surface area contributed by atoms with Gasteiger partial charge in [-0.1, -0.05) is 11.6 Å². The van der Waals surface area contributed by atoms with Gasteiger partial charge in [-0.05, 0) is 19.2 Å². The van der Waals surface area contributed by atoms with Crippen LogP contribution in [0.1, 0.15) is 11.3 Å². The lowest BCUT2D eigenvalue weighted by atomic mass is 10.4. The summed E-state index contributed by atoms with van der Waals surface area (Å²) in [5.74, 6) is 0. The minimum absolute atomic E-state index is 0.0377. The van der Waals surface area contributed by atoms with Crippen molar-refractivity contribution >= 4 is 22.9 Å². The molecule has 0 amide bonds. The molecule has 1 aromatic heterocycles. The van der Waals surface area contributed by atoms with Crippen LogP contribution in [0.25, 0.3) is 0 Å². The summed E-state index contributed by atoms with van der Waals surface area (Å²) >= 11 is 7.28. The molecule has 7 heteroatoms. The summed E-state index contributed by atoms with van der Waals surface area (Å²) in [6, 6.07) is 3.77. The van der Waals surface area contributed by atoms with E-state index in [0.717, 1.165) is 9.21 Å². The Morgan fingerprint density at radius 2 is 2.06 bits per heavy atom. The zero-order valence-electron chi connectivity index (χ0n) is 10.1. The zero-order chi connectivity index (χ0) is 13.6. The van der Waals surface area contributed by atoms with E-state index < -0.39 is 12.6 Å². The van der Waals surface area contributed by atoms with E-state index in [0.29, 0.717) is 19.6 Å². The number of thiophene rings is 1. The lowest BCUT2D eigenvalue weighted by Crippen LogP contribution is -2.31. The highest BCUT2D eigenvalue weighted by Crippen LogP contribution is 2.21. The summed E-state index contributed by atoms with van der Waals surface area (Å²) in [7, 11) is 1.69. The molecule has 0 radical (unpaired) electrons. The first-order valence-corrected chi connectivity index (χ1v) is 6.76. The maximum atomic E-state index is 12.0. The molecular weight excluding hydrogens is 285 g/mol. The molecule has 2 nitrogen and oxygen atoms in total. The maximum absolute atomic E-state index is 12.0. The molecule has 0 fully saturated rings. The van der Waals surface area contributed by atoms with Gasteiger partial charge in [-0.2, -0.15) is 13.2 Å². The molecule has 0 bridgehead atoms. The standard InChI is InChI=1S/C11H16ClF3N2S/c1-17(6-4-11(13,14)15)7-5-16-8-9-2-3-10(12)18-9/h2-3,16H,4-8H2,1H3. The average Bonchev–Trinajstić information content (AvgIpc) is 2.67. The van der Waals surface area contributed by atoms with Crippen LogP contribution in [0.2, 0.25) is 4.34 Å². The Morgan fingerprint density at radius 1 is 1.33 bits per heavy atom. The Labute approximate surface area is 114 Å². The molecule has 0 aliphatic carbocycles. The fourth-order valence-corrected chi connectivity index (χ4v) is 2.41. The van der Waals surface area contributed by atoms with Gasteiger partial charge in [0.1, 0.15) is 0 Å². The number of likely N-dealkylation sites (N-methyl/N-ethyl adjacent to an activating group) is 1. The van der Waals surface area contributed by atoms with Gasteiger partial charge in [-0.3, -0.25) is 0 Å². The summed E-state index contributed by atoms with van der Waals surface area (Å²) in [5.41, 5.74) is 0. The van der Waals surface area contributed by atoms with Crippen molar-refractivity contribution in [3.8, 4) is 0 Å². The molecule has 0 aliphatic heterocycles. The first-order valence-electron chi connectivity index (χ1n) is 5.57. The van der Waals surface area contributed by atoms with E-state index in [1.165, 1.54) is 11.3 Å². The molecule has 18 heavy (non-hydrogen) atoms. The van der Waals surface area contributed by atoms with Crippen LogP contribution in [0, 0.1) is 0 Å². The van der Waals surface area contributed by atoms with Crippen molar-refractivity contribution in [1.82, 2.24) is 10.2 Å². The summed E-state index contributed by atoms with van der Waals surface area (Å²) < 4.78 is 36.7. The second kappa shape index (κ2) is 7.33. The van der Waals surface area contributed by atoms with Gasteiger partial charge in [0.25, 0.3) is 0 Å². The fourth-order valence-electron chi connectivity index (χ4n) is 1.36. The topological polar surface area (TPSA) is 15.3 Å². The van der Waals surface area contributed by atoms with Crippen molar-refractivity contribution in [2.75, 3.05) is 26.7 Å². The van der Waals surface area contributed by atoms with Crippen LogP contribution in [0.5, 0.6) is 0 Å². The first-order chi connectivity index (χ1) is 8.37. The van der Waals surface area contributed by atoms with Crippen LogP contribution in [0.15, 0.2) is 12.1 Å². The molecule has 0 unspecified atom stereocenters. The molecule has 0 aliphatic rings. The van der Waals surface area contributed by atoms with E-state index >= 15 is 0 Å².